The Kier molecular flexibility index (Phi) is 2.53. The lowest BCUT2D eigenvalue weighted by atomic mass is 10.2. The van der Waals surface area contributed by atoms with Gasteiger partial charge in [0.2, 0.25) is 5.72 Å². The van der Waals surface area contributed by atoms with Crippen LogP contribution in [0.3, 0.4) is 0 Å². The summed E-state index contributed by atoms with van der Waals surface area (Å²) in [4.78, 5) is 6.28. The predicted molar refractivity (Wildman–Crippen MR) is 61.3 cm³/mol. The van der Waals surface area contributed by atoms with Crippen LogP contribution >= 0.6 is 0 Å². The van der Waals surface area contributed by atoms with Crippen molar-refractivity contribution in [2.75, 3.05) is 13.6 Å². The number of benzene rings is 1. The molecule has 0 saturated carbocycles. The predicted octanol–water partition coefficient (Wildman–Crippen LogP) is 1.63. The first-order chi connectivity index (χ1) is 7.61. The van der Waals surface area contributed by atoms with Gasteiger partial charge in [0.25, 0.3) is 0 Å². The Morgan fingerprint density at radius 1 is 1.44 bits per heavy atom. The van der Waals surface area contributed by atoms with Crippen molar-refractivity contribution in [1.29, 1.82) is 5.26 Å². The Morgan fingerprint density at radius 3 is 2.62 bits per heavy atom. The molecule has 1 aliphatic rings. The third kappa shape index (κ3) is 2.14. The summed E-state index contributed by atoms with van der Waals surface area (Å²) in [6.45, 7) is 2.66. The van der Waals surface area contributed by atoms with E-state index in [2.05, 4.69) is 11.1 Å². The summed E-state index contributed by atoms with van der Waals surface area (Å²) in [7, 11) is 1.96. The minimum Gasteiger partial charge on any atom is -0.465 e. The van der Waals surface area contributed by atoms with Crippen LogP contribution in [-0.2, 0) is 0 Å². The average Bonchev–Trinajstić information content (AvgIpc) is 2.59. The lowest BCUT2D eigenvalue weighted by Gasteiger charge is -2.23. The molecule has 1 atom stereocenters. The first kappa shape index (κ1) is 10.5. The molecule has 0 aromatic heterocycles. The first-order valence-electron chi connectivity index (χ1n) is 5.06. The smallest absolute Gasteiger partial charge is 0.216 e. The van der Waals surface area contributed by atoms with Gasteiger partial charge in [0.15, 0.2) is 0 Å². The molecule has 1 heterocycles. The monoisotopic (exact) mass is 215 g/mol. The maximum atomic E-state index is 8.68. The zero-order valence-corrected chi connectivity index (χ0v) is 9.34. The molecule has 4 nitrogen and oxygen atoms in total. The van der Waals surface area contributed by atoms with E-state index >= 15 is 0 Å². The SMILES string of the molecule is CN1C=NC(C)(Oc2ccc(C#N)cc2)C1. The van der Waals surface area contributed by atoms with Crippen molar-refractivity contribution in [2.24, 2.45) is 4.99 Å². The van der Waals surface area contributed by atoms with Gasteiger partial charge < -0.3 is 9.64 Å². The Balaban J connectivity index is 2.10. The van der Waals surface area contributed by atoms with Crippen molar-refractivity contribution in [1.82, 2.24) is 4.90 Å². The molecule has 0 saturated heterocycles. The van der Waals surface area contributed by atoms with Gasteiger partial charge in [-0.15, -0.1) is 0 Å². The van der Waals surface area contributed by atoms with Crippen molar-refractivity contribution in [2.45, 2.75) is 12.6 Å². The van der Waals surface area contributed by atoms with E-state index in [9.17, 15) is 0 Å². The van der Waals surface area contributed by atoms with Crippen molar-refractivity contribution in [3.05, 3.63) is 29.8 Å². The van der Waals surface area contributed by atoms with Crippen molar-refractivity contribution in [3.8, 4) is 11.8 Å². The standard InChI is InChI=1S/C12H13N3O/c1-12(8-15(2)9-14-12)16-11-5-3-10(7-13)4-6-11/h3-6,9H,8H2,1-2H3. The quantitative estimate of drug-likeness (QED) is 0.753. The van der Waals surface area contributed by atoms with Crippen molar-refractivity contribution < 1.29 is 4.74 Å². The molecule has 4 heteroatoms. The Bertz CT molecular complexity index is 446. The summed E-state index contributed by atoms with van der Waals surface area (Å²) in [6, 6.07) is 9.12. The van der Waals surface area contributed by atoms with Crippen molar-refractivity contribution >= 4 is 6.34 Å². The van der Waals surface area contributed by atoms with Crippen LogP contribution < -0.4 is 4.74 Å². The number of nitrogens with zero attached hydrogens (tertiary/aromatic N) is 3. The van der Waals surface area contributed by atoms with E-state index in [1.54, 1.807) is 30.6 Å². The molecule has 0 N–H and O–H groups in total. The highest BCUT2D eigenvalue weighted by molar-refractivity contribution is 5.58. The molecule has 1 aliphatic heterocycles. The number of likely N-dealkylation sites (N-methyl/N-ethyl adjacent to an activating group) is 1. The summed E-state index contributed by atoms with van der Waals surface area (Å²) in [5.74, 6) is 0.731. The molecule has 0 radical (unpaired) electrons. The molecule has 82 valence electrons. The summed E-state index contributed by atoms with van der Waals surface area (Å²) >= 11 is 0. The van der Waals surface area contributed by atoms with E-state index in [4.69, 9.17) is 10.00 Å². The number of aliphatic imine (C=N–C) groups is 1. The summed E-state index contributed by atoms with van der Waals surface area (Å²) in [5, 5.41) is 8.68. The van der Waals surface area contributed by atoms with Crippen LogP contribution in [-0.4, -0.2) is 30.6 Å². The Labute approximate surface area is 94.8 Å². The molecule has 1 unspecified atom stereocenters. The largest absolute Gasteiger partial charge is 0.465 e. The molecular formula is C12H13N3O. The molecular weight excluding hydrogens is 202 g/mol. The van der Waals surface area contributed by atoms with Gasteiger partial charge in [-0.05, 0) is 31.2 Å². The topological polar surface area (TPSA) is 48.6 Å². The second-order valence-corrected chi connectivity index (χ2v) is 4.07. The summed E-state index contributed by atoms with van der Waals surface area (Å²) in [5.41, 5.74) is 0.104. The zero-order chi connectivity index (χ0) is 11.6. The van der Waals surface area contributed by atoms with E-state index in [1.165, 1.54) is 0 Å². The van der Waals surface area contributed by atoms with E-state index in [0.29, 0.717) is 5.56 Å². The fourth-order valence-corrected chi connectivity index (χ4v) is 1.68. The molecule has 1 aromatic rings. The Morgan fingerprint density at radius 2 is 2.12 bits per heavy atom. The van der Waals surface area contributed by atoms with Crippen LogP contribution in [0.2, 0.25) is 0 Å². The van der Waals surface area contributed by atoms with Crippen LogP contribution in [0.1, 0.15) is 12.5 Å². The highest BCUT2D eigenvalue weighted by atomic mass is 16.5. The third-order valence-corrected chi connectivity index (χ3v) is 2.39. The maximum Gasteiger partial charge on any atom is 0.216 e. The van der Waals surface area contributed by atoms with Crippen LogP contribution in [0, 0.1) is 11.3 Å². The fraction of sp³-hybridized carbons (Fsp3) is 0.333. The zero-order valence-electron chi connectivity index (χ0n) is 9.34. The van der Waals surface area contributed by atoms with Gasteiger partial charge in [-0.2, -0.15) is 5.26 Å². The van der Waals surface area contributed by atoms with Crippen LogP contribution in [0.5, 0.6) is 5.75 Å². The van der Waals surface area contributed by atoms with Gasteiger partial charge in [-0.3, -0.25) is 0 Å². The van der Waals surface area contributed by atoms with E-state index in [-0.39, 0.29) is 0 Å². The minimum absolute atomic E-state index is 0.525. The molecule has 0 amide bonds. The number of rotatable bonds is 2. The maximum absolute atomic E-state index is 8.68. The van der Waals surface area contributed by atoms with Gasteiger partial charge in [0.1, 0.15) is 5.75 Å². The Hall–Kier alpha value is -2.02. The first-order valence-corrected chi connectivity index (χ1v) is 5.06. The fourth-order valence-electron chi connectivity index (χ4n) is 1.68. The van der Waals surface area contributed by atoms with Gasteiger partial charge >= 0.3 is 0 Å². The number of hydrogen-bond acceptors (Lipinski definition) is 4. The molecule has 0 fully saturated rings. The van der Waals surface area contributed by atoms with Gasteiger partial charge in [-0.25, -0.2) is 4.99 Å². The van der Waals surface area contributed by atoms with E-state index in [1.807, 2.05) is 18.9 Å². The summed E-state index contributed by atoms with van der Waals surface area (Å²) in [6.07, 6.45) is 1.77. The van der Waals surface area contributed by atoms with Gasteiger partial charge in [-0.1, -0.05) is 0 Å². The summed E-state index contributed by atoms with van der Waals surface area (Å²) < 4.78 is 5.78. The lowest BCUT2D eigenvalue weighted by molar-refractivity contribution is 0.0959. The lowest BCUT2D eigenvalue weighted by Crippen LogP contribution is -2.35. The highest BCUT2D eigenvalue weighted by Gasteiger charge is 2.30. The van der Waals surface area contributed by atoms with Gasteiger partial charge in [0, 0.05) is 7.05 Å². The van der Waals surface area contributed by atoms with E-state index in [0.717, 1.165) is 12.3 Å². The molecule has 16 heavy (non-hydrogen) atoms. The number of hydrogen-bond donors (Lipinski definition) is 0. The molecule has 0 aliphatic carbocycles. The van der Waals surface area contributed by atoms with Gasteiger partial charge in [0.05, 0.1) is 24.5 Å². The minimum atomic E-state index is -0.525. The van der Waals surface area contributed by atoms with Crippen LogP contribution in [0.25, 0.3) is 0 Å². The number of ether oxygens (including phenoxy) is 1. The van der Waals surface area contributed by atoms with Crippen LogP contribution in [0.4, 0.5) is 0 Å². The van der Waals surface area contributed by atoms with E-state index < -0.39 is 5.72 Å². The highest BCUT2D eigenvalue weighted by Crippen LogP contribution is 2.23. The third-order valence-electron chi connectivity index (χ3n) is 2.39. The molecule has 0 spiro atoms. The second-order valence-electron chi connectivity index (χ2n) is 4.07. The van der Waals surface area contributed by atoms with Crippen LogP contribution in [0.15, 0.2) is 29.3 Å². The molecule has 2 rings (SSSR count). The number of nitriles is 1. The van der Waals surface area contributed by atoms with Crippen molar-refractivity contribution in [3.63, 3.8) is 0 Å². The average molecular weight is 215 g/mol. The normalized spacial score (nSPS) is 23.2. The molecule has 1 aromatic carbocycles. The molecule has 0 bridgehead atoms. The second kappa shape index (κ2) is 3.86.